The van der Waals surface area contributed by atoms with Gasteiger partial charge in [-0.25, -0.2) is 0 Å². The highest BCUT2D eigenvalue weighted by Crippen LogP contribution is 2.29. The van der Waals surface area contributed by atoms with Crippen molar-refractivity contribution in [3.8, 4) is 0 Å². The van der Waals surface area contributed by atoms with Crippen molar-refractivity contribution in [2.24, 2.45) is 11.1 Å². The van der Waals surface area contributed by atoms with Crippen molar-refractivity contribution in [1.82, 2.24) is 0 Å². The number of nitrogens with one attached hydrogen (secondary N) is 1. The van der Waals surface area contributed by atoms with Gasteiger partial charge in [0.05, 0.1) is 17.0 Å². The van der Waals surface area contributed by atoms with E-state index in [-0.39, 0.29) is 10.9 Å². The minimum absolute atomic E-state index is 0.154. The van der Waals surface area contributed by atoms with Gasteiger partial charge in [0.25, 0.3) is 0 Å². The van der Waals surface area contributed by atoms with Gasteiger partial charge in [0, 0.05) is 18.4 Å². The first-order valence-electron chi connectivity index (χ1n) is 6.70. The number of hydrogen-bond donors (Lipinski definition) is 2. The van der Waals surface area contributed by atoms with E-state index in [1.54, 1.807) is 7.11 Å². The molecular formula is C15H22N2O2S. The Morgan fingerprint density at radius 3 is 2.45 bits per heavy atom. The molecule has 110 valence electrons. The van der Waals surface area contributed by atoms with Crippen LogP contribution in [0.2, 0.25) is 0 Å². The lowest BCUT2D eigenvalue weighted by atomic mass is 9.81. The van der Waals surface area contributed by atoms with Crippen molar-refractivity contribution in [2.45, 2.75) is 33.3 Å². The van der Waals surface area contributed by atoms with E-state index in [0.717, 1.165) is 11.3 Å². The molecule has 0 fully saturated rings. The zero-order valence-corrected chi connectivity index (χ0v) is 13.0. The molecule has 1 rings (SSSR count). The van der Waals surface area contributed by atoms with Crippen LogP contribution < -0.4 is 11.1 Å². The Morgan fingerprint density at radius 2 is 1.95 bits per heavy atom. The Kier molecular flexibility index (Phi) is 6.10. The van der Waals surface area contributed by atoms with E-state index in [1.807, 2.05) is 38.1 Å². The molecule has 0 radical (unpaired) electrons. The number of benzene rings is 1. The minimum Gasteiger partial charge on any atom is -0.392 e. The Balaban J connectivity index is 3.03. The number of carbonyl (C=O) groups is 1. The smallest absolute Gasteiger partial charge is 0.237 e. The maximum Gasteiger partial charge on any atom is 0.237 e. The highest BCUT2D eigenvalue weighted by molar-refractivity contribution is 7.80. The molecule has 0 spiro atoms. The Labute approximate surface area is 125 Å². The number of para-hydroxylation sites is 1. The van der Waals surface area contributed by atoms with Gasteiger partial charge in [-0.3, -0.25) is 4.79 Å². The third-order valence-corrected chi connectivity index (χ3v) is 4.07. The van der Waals surface area contributed by atoms with Crippen LogP contribution in [0.15, 0.2) is 24.3 Å². The molecule has 0 unspecified atom stereocenters. The summed E-state index contributed by atoms with van der Waals surface area (Å²) in [5, 5.41) is 2.93. The van der Waals surface area contributed by atoms with Gasteiger partial charge in [0.15, 0.2) is 0 Å². The van der Waals surface area contributed by atoms with Gasteiger partial charge in [-0.1, -0.05) is 44.3 Å². The molecule has 4 nitrogen and oxygen atoms in total. The Hall–Kier alpha value is -1.46. The summed E-state index contributed by atoms with van der Waals surface area (Å²) in [4.78, 5) is 12.8. The van der Waals surface area contributed by atoms with Crippen LogP contribution in [0.4, 0.5) is 5.69 Å². The second kappa shape index (κ2) is 7.36. The molecule has 0 aliphatic heterocycles. The lowest BCUT2D eigenvalue weighted by Crippen LogP contribution is -2.45. The fourth-order valence-corrected chi connectivity index (χ4v) is 2.58. The van der Waals surface area contributed by atoms with Crippen molar-refractivity contribution in [2.75, 3.05) is 12.4 Å². The van der Waals surface area contributed by atoms with E-state index in [1.165, 1.54) is 0 Å². The number of methoxy groups -OCH3 is 1. The summed E-state index contributed by atoms with van der Waals surface area (Å²) < 4.78 is 5.13. The van der Waals surface area contributed by atoms with Crippen LogP contribution in [0.5, 0.6) is 0 Å². The molecule has 1 amide bonds. The third-order valence-electron chi connectivity index (χ3n) is 3.68. The molecule has 1 aromatic rings. The van der Waals surface area contributed by atoms with Crippen LogP contribution in [0.1, 0.15) is 32.3 Å². The van der Waals surface area contributed by atoms with Crippen LogP contribution >= 0.6 is 12.2 Å². The number of carbonyl (C=O) groups excluding carboxylic acids is 1. The molecule has 0 aliphatic carbocycles. The van der Waals surface area contributed by atoms with Gasteiger partial charge in [-0.2, -0.15) is 0 Å². The molecule has 0 heterocycles. The van der Waals surface area contributed by atoms with Crippen molar-refractivity contribution >= 4 is 28.8 Å². The summed E-state index contributed by atoms with van der Waals surface area (Å²) in [5.74, 6) is -0.154. The number of ether oxygens (including phenoxy) is 1. The summed E-state index contributed by atoms with van der Waals surface area (Å²) in [6, 6.07) is 7.54. The monoisotopic (exact) mass is 294 g/mol. The fraction of sp³-hybridized carbons (Fsp3) is 0.467. The predicted molar refractivity (Wildman–Crippen MR) is 85.6 cm³/mol. The third kappa shape index (κ3) is 3.35. The van der Waals surface area contributed by atoms with Gasteiger partial charge in [-0.05, 0) is 18.9 Å². The first-order valence-corrected chi connectivity index (χ1v) is 7.10. The molecule has 0 aromatic heterocycles. The molecule has 5 heteroatoms. The second-order valence-electron chi connectivity index (χ2n) is 4.70. The first-order chi connectivity index (χ1) is 9.51. The van der Waals surface area contributed by atoms with E-state index in [0.29, 0.717) is 19.4 Å². The normalized spacial score (nSPS) is 11.2. The highest BCUT2D eigenvalue weighted by atomic mass is 32.1. The first kappa shape index (κ1) is 16.6. The average molecular weight is 294 g/mol. The SMILES string of the molecule is CCC(CC)(C(=O)Nc1ccccc1COC)C(N)=S. The van der Waals surface area contributed by atoms with Crippen molar-refractivity contribution in [1.29, 1.82) is 0 Å². The molecule has 0 atom stereocenters. The molecule has 0 bridgehead atoms. The number of amides is 1. The number of hydrogen-bond acceptors (Lipinski definition) is 3. The molecular weight excluding hydrogens is 272 g/mol. The summed E-state index contributed by atoms with van der Waals surface area (Å²) >= 11 is 5.10. The van der Waals surface area contributed by atoms with Gasteiger partial charge >= 0.3 is 0 Å². The van der Waals surface area contributed by atoms with Crippen LogP contribution in [0.3, 0.4) is 0 Å². The highest BCUT2D eigenvalue weighted by Gasteiger charge is 2.38. The molecule has 3 N–H and O–H groups in total. The summed E-state index contributed by atoms with van der Waals surface area (Å²) in [6.07, 6.45) is 1.16. The van der Waals surface area contributed by atoms with Gasteiger partial charge < -0.3 is 15.8 Å². The molecule has 0 saturated heterocycles. The van der Waals surface area contributed by atoms with Crippen molar-refractivity contribution in [3.05, 3.63) is 29.8 Å². The maximum absolute atomic E-state index is 12.6. The second-order valence-corrected chi connectivity index (χ2v) is 5.14. The fourth-order valence-electron chi connectivity index (χ4n) is 2.20. The van der Waals surface area contributed by atoms with E-state index in [2.05, 4.69) is 5.32 Å². The van der Waals surface area contributed by atoms with Crippen molar-refractivity contribution < 1.29 is 9.53 Å². The van der Waals surface area contributed by atoms with E-state index >= 15 is 0 Å². The number of rotatable bonds is 7. The standard InChI is InChI=1S/C15H22N2O2S/c1-4-15(5-2,13(16)20)14(18)17-12-9-7-6-8-11(12)10-19-3/h6-9H,4-5,10H2,1-3H3,(H2,16,20)(H,17,18). The maximum atomic E-state index is 12.6. The largest absolute Gasteiger partial charge is 0.392 e. The summed E-state index contributed by atoms with van der Waals surface area (Å²) in [7, 11) is 1.62. The number of thiocarbonyl (C=S) groups is 1. The lowest BCUT2D eigenvalue weighted by molar-refractivity contribution is -0.122. The summed E-state index contributed by atoms with van der Waals surface area (Å²) in [6.45, 7) is 4.28. The molecule has 20 heavy (non-hydrogen) atoms. The number of anilines is 1. The van der Waals surface area contributed by atoms with Crippen LogP contribution in [0.25, 0.3) is 0 Å². The number of nitrogens with two attached hydrogens (primary N) is 1. The van der Waals surface area contributed by atoms with Crippen LogP contribution in [0, 0.1) is 5.41 Å². The molecule has 0 aliphatic rings. The van der Waals surface area contributed by atoms with Gasteiger partial charge in [0.2, 0.25) is 5.91 Å². The molecule has 1 aromatic carbocycles. The quantitative estimate of drug-likeness (QED) is 0.759. The average Bonchev–Trinajstić information content (AvgIpc) is 2.43. The predicted octanol–water partition coefficient (Wildman–Crippen LogP) is 2.86. The van der Waals surface area contributed by atoms with Crippen LogP contribution in [-0.2, 0) is 16.1 Å². The van der Waals surface area contributed by atoms with Gasteiger partial charge in [0.1, 0.15) is 0 Å². The van der Waals surface area contributed by atoms with Gasteiger partial charge in [-0.15, -0.1) is 0 Å². The topological polar surface area (TPSA) is 64.3 Å². The Morgan fingerprint density at radius 1 is 1.35 bits per heavy atom. The van der Waals surface area contributed by atoms with Crippen molar-refractivity contribution in [3.63, 3.8) is 0 Å². The van der Waals surface area contributed by atoms with Crippen LogP contribution in [-0.4, -0.2) is 18.0 Å². The van der Waals surface area contributed by atoms with E-state index in [4.69, 9.17) is 22.7 Å². The summed E-state index contributed by atoms with van der Waals surface area (Å²) in [5.41, 5.74) is 6.66. The molecule has 0 saturated carbocycles. The van der Waals surface area contributed by atoms with E-state index in [9.17, 15) is 4.79 Å². The minimum atomic E-state index is -0.796. The zero-order chi connectivity index (χ0) is 15.2. The lowest BCUT2D eigenvalue weighted by Gasteiger charge is -2.29. The zero-order valence-electron chi connectivity index (χ0n) is 12.2. The van der Waals surface area contributed by atoms with E-state index < -0.39 is 5.41 Å². The Bertz CT molecular complexity index is 485.